The van der Waals surface area contributed by atoms with Gasteiger partial charge in [0.05, 0.1) is 12.1 Å². The van der Waals surface area contributed by atoms with E-state index in [0.29, 0.717) is 16.3 Å². The molecule has 12 nitrogen and oxygen atoms in total. The SMILES string of the molecule is COc1ccc(COC(=O)NC(=O)OCC2(C(=O)O)CS[C@@H]3C(N(C(C)=O)c4cccs4)C(=O)N3C2)cc1. The lowest BCUT2D eigenvalue weighted by atomic mass is 9.88. The van der Waals surface area contributed by atoms with Gasteiger partial charge in [-0.05, 0) is 35.2 Å². The smallest absolute Gasteiger partial charge is 0.416 e. The van der Waals surface area contributed by atoms with E-state index < -0.39 is 41.6 Å². The van der Waals surface area contributed by atoms with Crippen LogP contribution in [-0.2, 0) is 30.5 Å². The fourth-order valence-corrected chi connectivity index (χ4v) is 6.49. The number of nitrogens with zero attached hydrogens (tertiary/aromatic N) is 2. The van der Waals surface area contributed by atoms with E-state index in [-0.39, 0.29) is 30.7 Å². The Labute approximate surface area is 225 Å². The standard InChI is InChI=1S/C24H25N3O9S2/c1-14(28)27(17-4-3-9-37-17)18-19(29)26-11-24(21(30)31,13-38-20(18)26)12-36-23(33)25-22(32)35-10-15-5-7-16(34-2)8-6-15/h3-9,18,20H,10-13H2,1-2H3,(H,30,31)(H,25,32,33)/t18?,20-,24?/m1/s1. The molecule has 0 aliphatic carbocycles. The minimum atomic E-state index is -1.59. The van der Waals surface area contributed by atoms with Gasteiger partial charge in [-0.1, -0.05) is 12.1 Å². The molecule has 2 saturated heterocycles. The summed E-state index contributed by atoms with van der Waals surface area (Å²) in [6.45, 7) is 0.483. The van der Waals surface area contributed by atoms with Crippen LogP contribution in [0.1, 0.15) is 12.5 Å². The number of fused-ring (bicyclic) bond motifs is 1. The fourth-order valence-electron chi connectivity index (χ4n) is 4.11. The van der Waals surface area contributed by atoms with Gasteiger partial charge >= 0.3 is 18.2 Å². The third-order valence-corrected chi connectivity index (χ3v) is 8.58. The molecular weight excluding hydrogens is 538 g/mol. The van der Waals surface area contributed by atoms with E-state index in [0.717, 1.165) is 0 Å². The van der Waals surface area contributed by atoms with Gasteiger partial charge in [-0.3, -0.25) is 19.3 Å². The molecule has 1 aromatic heterocycles. The molecule has 0 saturated carbocycles. The molecule has 14 heteroatoms. The zero-order chi connectivity index (χ0) is 27.4. The van der Waals surface area contributed by atoms with E-state index >= 15 is 0 Å². The molecule has 2 aliphatic heterocycles. The van der Waals surface area contributed by atoms with Gasteiger partial charge in [0.2, 0.25) is 11.8 Å². The van der Waals surface area contributed by atoms with E-state index in [1.54, 1.807) is 41.8 Å². The number of carboxylic acid groups (broad SMARTS) is 1. The maximum atomic E-state index is 13.0. The summed E-state index contributed by atoms with van der Waals surface area (Å²) >= 11 is 2.53. The molecule has 4 rings (SSSR count). The number of thioether (sulfide) groups is 1. The number of benzene rings is 1. The van der Waals surface area contributed by atoms with E-state index in [1.807, 2.05) is 5.32 Å². The Bertz CT molecular complexity index is 1220. The minimum absolute atomic E-state index is 0.0264. The topological polar surface area (TPSA) is 152 Å². The average molecular weight is 564 g/mol. The Morgan fingerprint density at radius 1 is 1.16 bits per heavy atom. The quantitative estimate of drug-likeness (QED) is 0.458. The van der Waals surface area contributed by atoms with Gasteiger partial charge < -0.3 is 24.2 Å². The van der Waals surface area contributed by atoms with Crippen molar-refractivity contribution in [2.24, 2.45) is 5.41 Å². The van der Waals surface area contributed by atoms with Crippen molar-refractivity contribution in [1.82, 2.24) is 10.2 Å². The largest absolute Gasteiger partial charge is 0.497 e. The van der Waals surface area contributed by atoms with Crippen LogP contribution in [0.4, 0.5) is 14.6 Å². The Morgan fingerprint density at radius 3 is 2.47 bits per heavy atom. The first-order chi connectivity index (χ1) is 18.1. The molecule has 0 radical (unpaired) electrons. The molecule has 2 fully saturated rings. The number of thiophene rings is 1. The first-order valence-electron chi connectivity index (χ1n) is 11.4. The number of carbonyl (C=O) groups excluding carboxylic acids is 4. The summed E-state index contributed by atoms with van der Waals surface area (Å²) in [7, 11) is 1.52. The zero-order valence-electron chi connectivity index (χ0n) is 20.4. The molecular formula is C24H25N3O9S2. The number of alkyl carbamates (subject to hydrolysis) is 2. The van der Waals surface area contributed by atoms with E-state index in [1.165, 1.54) is 46.9 Å². The second-order valence-corrected chi connectivity index (χ2v) is 10.7. The monoisotopic (exact) mass is 563 g/mol. The number of carbonyl (C=O) groups is 5. The second kappa shape index (κ2) is 11.3. The summed E-state index contributed by atoms with van der Waals surface area (Å²) in [5.74, 6) is -1.27. The molecule has 0 bridgehead atoms. The number of imide groups is 1. The lowest BCUT2D eigenvalue weighted by molar-refractivity contribution is -0.159. The molecule has 38 heavy (non-hydrogen) atoms. The molecule has 2 aliphatic rings. The van der Waals surface area contributed by atoms with Gasteiger partial charge in [-0.15, -0.1) is 23.1 Å². The summed E-state index contributed by atoms with van der Waals surface area (Å²) in [5, 5.41) is 13.8. The Balaban J connectivity index is 1.31. The number of anilines is 1. The number of hydrogen-bond donors (Lipinski definition) is 2. The van der Waals surface area contributed by atoms with Crippen molar-refractivity contribution in [1.29, 1.82) is 0 Å². The number of carboxylic acids is 1. The zero-order valence-corrected chi connectivity index (χ0v) is 22.1. The van der Waals surface area contributed by atoms with Gasteiger partial charge in [0.15, 0.2) is 0 Å². The maximum Gasteiger partial charge on any atom is 0.416 e. The van der Waals surface area contributed by atoms with Gasteiger partial charge in [0, 0.05) is 19.2 Å². The summed E-state index contributed by atoms with van der Waals surface area (Å²) in [6.07, 6.45) is -2.24. The number of hydrogen-bond acceptors (Lipinski definition) is 10. The van der Waals surface area contributed by atoms with Gasteiger partial charge in [-0.2, -0.15) is 0 Å². The molecule has 2 N–H and O–H groups in total. The van der Waals surface area contributed by atoms with Crippen molar-refractivity contribution < 1.29 is 43.3 Å². The summed E-state index contributed by atoms with van der Waals surface area (Å²) < 4.78 is 15.1. The van der Waals surface area contributed by atoms with Crippen LogP contribution in [0, 0.1) is 5.41 Å². The molecule has 4 amide bonds. The van der Waals surface area contributed by atoms with Crippen LogP contribution in [0.5, 0.6) is 5.75 Å². The van der Waals surface area contributed by atoms with Crippen molar-refractivity contribution in [2.45, 2.75) is 24.9 Å². The van der Waals surface area contributed by atoms with Gasteiger partial charge in [0.1, 0.15) is 35.8 Å². The average Bonchev–Trinajstić information content (AvgIpc) is 3.43. The Morgan fingerprint density at radius 2 is 1.87 bits per heavy atom. The Hall–Kier alpha value is -3.78. The van der Waals surface area contributed by atoms with Crippen LogP contribution in [0.3, 0.4) is 0 Å². The molecule has 3 atom stereocenters. The highest BCUT2D eigenvalue weighted by atomic mass is 32.2. The Kier molecular flexibility index (Phi) is 8.11. The van der Waals surface area contributed by atoms with E-state index in [4.69, 9.17) is 14.2 Å². The second-order valence-electron chi connectivity index (χ2n) is 8.66. The normalized spacial score (nSPS) is 21.9. The number of amides is 4. The number of nitrogens with one attached hydrogen (secondary N) is 1. The van der Waals surface area contributed by atoms with Crippen LogP contribution < -0.4 is 15.0 Å². The molecule has 0 spiro atoms. The van der Waals surface area contributed by atoms with Crippen molar-refractivity contribution >= 4 is 58.1 Å². The van der Waals surface area contributed by atoms with Crippen molar-refractivity contribution in [3.8, 4) is 5.75 Å². The summed E-state index contributed by atoms with van der Waals surface area (Å²) in [6, 6.07) is 9.53. The summed E-state index contributed by atoms with van der Waals surface area (Å²) in [5.41, 5.74) is -0.927. The molecule has 202 valence electrons. The summed E-state index contributed by atoms with van der Waals surface area (Å²) in [4.78, 5) is 64.4. The van der Waals surface area contributed by atoms with Gasteiger partial charge in [0.25, 0.3) is 0 Å². The predicted octanol–water partition coefficient (Wildman–Crippen LogP) is 2.53. The molecule has 2 aromatic rings. The third-order valence-electron chi connectivity index (χ3n) is 6.14. The van der Waals surface area contributed by atoms with Crippen LogP contribution in [-0.4, -0.2) is 77.4 Å². The predicted molar refractivity (Wildman–Crippen MR) is 137 cm³/mol. The van der Waals surface area contributed by atoms with Crippen LogP contribution in [0.25, 0.3) is 0 Å². The molecule has 3 heterocycles. The van der Waals surface area contributed by atoms with Crippen molar-refractivity contribution in [2.75, 3.05) is 30.9 Å². The fraction of sp³-hybridized carbons (Fsp3) is 0.375. The third kappa shape index (κ3) is 5.55. The minimum Gasteiger partial charge on any atom is -0.497 e. The number of rotatable bonds is 8. The van der Waals surface area contributed by atoms with E-state index in [9.17, 15) is 29.1 Å². The molecule has 2 unspecified atom stereocenters. The molecule has 1 aromatic carbocycles. The van der Waals surface area contributed by atoms with Crippen molar-refractivity contribution in [3.05, 3.63) is 47.3 Å². The highest BCUT2D eigenvalue weighted by Gasteiger charge is 2.60. The van der Waals surface area contributed by atoms with Crippen LogP contribution in [0.2, 0.25) is 0 Å². The first-order valence-corrected chi connectivity index (χ1v) is 13.3. The number of β-lactam (4-membered cyclic amide) rings is 1. The van der Waals surface area contributed by atoms with Crippen LogP contribution >= 0.6 is 23.1 Å². The maximum absolute atomic E-state index is 13.0. The number of methoxy groups -OCH3 is 1. The van der Waals surface area contributed by atoms with Gasteiger partial charge in [-0.25, -0.2) is 14.9 Å². The number of ether oxygens (including phenoxy) is 3. The first kappa shape index (κ1) is 27.3. The lowest BCUT2D eigenvalue weighted by Gasteiger charge is -2.55. The highest BCUT2D eigenvalue weighted by Crippen LogP contribution is 2.45. The van der Waals surface area contributed by atoms with E-state index in [2.05, 4.69) is 0 Å². The van der Waals surface area contributed by atoms with Crippen LogP contribution in [0.15, 0.2) is 41.8 Å². The number of aliphatic carboxylic acids is 1. The lowest BCUT2D eigenvalue weighted by Crippen LogP contribution is -2.74. The van der Waals surface area contributed by atoms with Crippen molar-refractivity contribution in [3.63, 3.8) is 0 Å². The highest BCUT2D eigenvalue weighted by molar-refractivity contribution is 8.00.